The molecule has 1 saturated heterocycles. The quantitative estimate of drug-likeness (QED) is 0.886. The third kappa shape index (κ3) is 3.85. The van der Waals surface area contributed by atoms with Crippen LogP contribution in [0.25, 0.3) is 0 Å². The molecule has 1 aliphatic heterocycles. The van der Waals surface area contributed by atoms with E-state index < -0.39 is 5.97 Å². The fourth-order valence-corrected chi connectivity index (χ4v) is 3.82. The smallest absolute Gasteiger partial charge is 0.338 e. The number of aryl methyl sites for hydroxylation is 1. The third-order valence-electron chi connectivity index (χ3n) is 3.71. The van der Waals surface area contributed by atoms with E-state index in [0.717, 1.165) is 4.88 Å². The number of hydrogen-bond donors (Lipinski definition) is 2. The van der Waals surface area contributed by atoms with Crippen LogP contribution in [0.1, 0.15) is 34.6 Å². The molecule has 2 N–H and O–H groups in total. The predicted molar refractivity (Wildman–Crippen MR) is 85.8 cm³/mol. The zero-order valence-electron chi connectivity index (χ0n) is 13.3. The van der Waals surface area contributed by atoms with Gasteiger partial charge in [-0.1, -0.05) is 0 Å². The van der Waals surface area contributed by atoms with E-state index in [1.54, 1.807) is 6.92 Å². The second-order valence-corrected chi connectivity index (χ2v) is 7.02. The average Bonchev–Trinajstić information content (AvgIpc) is 2.62. The molecule has 7 heteroatoms. The second-order valence-electron chi connectivity index (χ2n) is 5.79. The first-order chi connectivity index (χ1) is 10.3. The molecule has 2 unspecified atom stereocenters. The van der Waals surface area contributed by atoms with Gasteiger partial charge in [-0.05, 0) is 33.3 Å². The highest BCUT2D eigenvalue weighted by Crippen LogP contribution is 2.32. The van der Waals surface area contributed by atoms with Crippen molar-refractivity contribution in [1.29, 1.82) is 0 Å². The average molecular weight is 326 g/mol. The number of nitrogens with zero attached hydrogens (tertiary/aromatic N) is 1. The van der Waals surface area contributed by atoms with Crippen molar-refractivity contribution in [2.45, 2.75) is 39.9 Å². The van der Waals surface area contributed by atoms with Crippen molar-refractivity contribution in [2.24, 2.45) is 0 Å². The number of carbonyl (C=O) groups excluding carboxylic acids is 1. The summed E-state index contributed by atoms with van der Waals surface area (Å²) in [6.45, 7) is 9.22. The van der Waals surface area contributed by atoms with Crippen LogP contribution in [-0.2, 0) is 9.53 Å². The summed E-state index contributed by atoms with van der Waals surface area (Å²) in [5, 5.41) is 12.5. The van der Waals surface area contributed by atoms with Gasteiger partial charge in [0, 0.05) is 18.0 Å². The summed E-state index contributed by atoms with van der Waals surface area (Å²) in [7, 11) is 0. The Morgan fingerprint density at radius 3 is 2.45 bits per heavy atom. The monoisotopic (exact) mass is 326 g/mol. The van der Waals surface area contributed by atoms with Gasteiger partial charge in [0.2, 0.25) is 5.91 Å². The van der Waals surface area contributed by atoms with Crippen molar-refractivity contribution in [2.75, 3.05) is 25.0 Å². The first-order valence-electron chi connectivity index (χ1n) is 7.28. The molecule has 0 spiro atoms. The topological polar surface area (TPSA) is 78.9 Å². The van der Waals surface area contributed by atoms with Gasteiger partial charge in [-0.25, -0.2) is 4.79 Å². The maximum absolute atomic E-state index is 12.2. The number of hydrogen-bond acceptors (Lipinski definition) is 5. The lowest BCUT2D eigenvalue weighted by molar-refractivity contribution is -0.121. The second kappa shape index (κ2) is 6.76. The Hall–Kier alpha value is -1.44. The zero-order valence-corrected chi connectivity index (χ0v) is 14.1. The van der Waals surface area contributed by atoms with Crippen LogP contribution < -0.4 is 5.32 Å². The Kier molecular flexibility index (Phi) is 5.20. The molecule has 0 aliphatic carbocycles. The molecule has 0 radical (unpaired) electrons. The number of nitrogens with one attached hydrogen (secondary N) is 1. The number of amides is 1. The van der Waals surface area contributed by atoms with E-state index in [1.807, 2.05) is 25.7 Å². The van der Waals surface area contributed by atoms with Crippen LogP contribution in [0.3, 0.4) is 0 Å². The first kappa shape index (κ1) is 16.9. The minimum atomic E-state index is -1.01. The summed E-state index contributed by atoms with van der Waals surface area (Å²) < 4.78 is 5.64. The molecule has 2 heterocycles. The number of rotatable bonds is 4. The molecular weight excluding hydrogens is 304 g/mol. The number of morpholine rings is 1. The number of carboxylic acid groups (broad SMARTS) is 1. The maximum Gasteiger partial charge on any atom is 0.338 e. The summed E-state index contributed by atoms with van der Waals surface area (Å²) in [4.78, 5) is 26.5. The van der Waals surface area contributed by atoms with Gasteiger partial charge in [0.1, 0.15) is 5.00 Å². The Morgan fingerprint density at radius 2 is 1.91 bits per heavy atom. The Labute approximate surface area is 134 Å². The normalized spacial score (nSPS) is 22.5. The van der Waals surface area contributed by atoms with E-state index in [9.17, 15) is 14.7 Å². The fraction of sp³-hybridized carbons (Fsp3) is 0.600. The molecule has 0 aromatic carbocycles. The molecule has 1 aromatic rings. The van der Waals surface area contributed by atoms with Crippen molar-refractivity contribution >= 4 is 28.2 Å². The molecule has 22 heavy (non-hydrogen) atoms. The molecule has 0 bridgehead atoms. The van der Waals surface area contributed by atoms with Crippen LogP contribution in [0.5, 0.6) is 0 Å². The standard InChI is InChI=1S/C15H22N2O4S/c1-8-5-17(6-9(2)21-8)7-12(18)16-14-13(15(19)20)10(3)11(4)22-14/h8-9H,5-7H2,1-4H3,(H,16,18)(H,19,20). The van der Waals surface area contributed by atoms with Gasteiger partial charge >= 0.3 is 5.97 Å². The molecule has 1 aromatic heterocycles. The van der Waals surface area contributed by atoms with E-state index in [-0.39, 0.29) is 30.2 Å². The molecular formula is C15H22N2O4S. The number of carbonyl (C=O) groups is 2. The van der Waals surface area contributed by atoms with Crippen molar-refractivity contribution < 1.29 is 19.4 Å². The number of anilines is 1. The minimum Gasteiger partial charge on any atom is -0.478 e. The van der Waals surface area contributed by atoms with E-state index in [4.69, 9.17) is 4.74 Å². The minimum absolute atomic E-state index is 0.0948. The summed E-state index contributed by atoms with van der Waals surface area (Å²) in [6, 6.07) is 0. The summed E-state index contributed by atoms with van der Waals surface area (Å²) in [5.41, 5.74) is 0.904. The van der Waals surface area contributed by atoms with Crippen LogP contribution in [0.15, 0.2) is 0 Å². The molecule has 0 saturated carbocycles. The van der Waals surface area contributed by atoms with Crippen molar-refractivity contribution in [3.63, 3.8) is 0 Å². The number of aromatic carboxylic acids is 1. The largest absolute Gasteiger partial charge is 0.478 e. The highest BCUT2D eigenvalue weighted by molar-refractivity contribution is 7.16. The highest BCUT2D eigenvalue weighted by Gasteiger charge is 2.25. The molecule has 122 valence electrons. The van der Waals surface area contributed by atoms with Gasteiger partial charge in [0.25, 0.3) is 0 Å². The van der Waals surface area contributed by atoms with Gasteiger partial charge in [-0.3, -0.25) is 9.69 Å². The van der Waals surface area contributed by atoms with Gasteiger partial charge in [0.05, 0.1) is 24.3 Å². The lowest BCUT2D eigenvalue weighted by Gasteiger charge is -2.34. The highest BCUT2D eigenvalue weighted by atomic mass is 32.1. The van der Waals surface area contributed by atoms with Gasteiger partial charge in [-0.15, -0.1) is 11.3 Å². The predicted octanol–water partition coefficient (Wildman–Crippen LogP) is 2.11. The molecule has 1 fully saturated rings. The Morgan fingerprint density at radius 1 is 1.32 bits per heavy atom. The number of carboxylic acids is 1. The molecule has 2 rings (SSSR count). The summed E-state index contributed by atoms with van der Waals surface area (Å²) >= 11 is 1.30. The van der Waals surface area contributed by atoms with Crippen LogP contribution in [0, 0.1) is 13.8 Å². The SMILES string of the molecule is Cc1sc(NC(=O)CN2CC(C)OC(C)C2)c(C(=O)O)c1C. The van der Waals surface area contributed by atoms with Crippen LogP contribution >= 0.6 is 11.3 Å². The van der Waals surface area contributed by atoms with Crippen molar-refractivity contribution in [3.8, 4) is 0 Å². The van der Waals surface area contributed by atoms with Gasteiger partial charge in [0.15, 0.2) is 0 Å². The van der Waals surface area contributed by atoms with E-state index in [1.165, 1.54) is 11.3 Å². The summed E-state index contributed by atoms with van der Waals surface area (Å²) in [6.07, 6.45) is 0.190. The molecule has 6 nitrogen and oxygen atoms in total. The van der Waals surface area contributed by atoms with Crippen LogP contribution in [0.2, 0.25) is 0 Å². The van der Waals surface area contributed by atoms with Gasteiger partial charge in [-0.2, -0.15) is 0 Å². The van der Waals surface area contributed by atoms with E-state index in [2.05, 4.69) is 5.32 Å². The Bertz CT molecular complexity index is 574. The zero-order chi connectivity index (χ0) is 16.4. The first-order valence-corrected chi connectivity index (χ1v) is 8.10. The van der Waals surface area contributed by atoms with E-state index in [0.29, 0.717) is 23.7 Å². The Balaban J connectivity index is 2.03. The van der Waals surface area contributed by atoms with Gasteiger partial charge < -0.3 is 15.2 Å². The molecule has 1 amide bonds. The van der Waals surface area contributed by atoms with E-state index >= 15 is 0 Å². The fourth-order valence-electron chi connectivity index (χ4n) is 2.76. The maximum atomic E-state index is 12.2. The number of ether oxygens (including phenoxy) is 1. The van der Waals surface area contributed by atoms with Crippen molar-refractivity contribution in [1.82, 2.24) is 4.90 Å². The molecule has 2 atom stereocenters. The number of thiophene rings is 1. The molecule has 1 aliphatic rings. The van der Waals surface area contributed by atoms with Crippen LogP contribution in [0.4, 0.5) is 5.00 Å². The lowest BCUT2D eigenvalue weighted by atomic mass is 10.1. The van der Waals surface area contributed by atoms with Crippen molar-refractivity contribution in [3.05, 3.63) is 16.0 Å². The summed E-state index contributed by atoms with van der Waals surface area (Å²) in [5.74, 6) is -1.20. The van der Waals surface area contributed by atoms with Crippen LogP contribution in [-0.4, -0.2) is 53.7 Å². The lowest BCUT2D eigenvalue weighted by Crippen LogP contribution is -2.48. The third-order valence-corrected chi connectivity index (χ3v) is 4.84.